The van der Waals surface area contributed by atoms with E-state index in [0.717, 1.165) is 12.8 Å². The van der Waals surface area contributed by atoms with Crippen molar-refractivity contribution in [3.8, 4) is 0 Å². The standard InChI is InChI=1S/C11H19NO4/c1-7(2)8(6-10(13)14)12-11(15)9-4-3-5-16-9/h7-9H,3-6H2,1-2H3,(H,12,15)(H,13,14). The molecular formula is C11H19NO4. The Morgan fingerprint density at radius 3 is 2.62 bits per heavy atom. The Morgan fingerprint density at radius 1 is 1.50 bits per heavy atom. The van der Waals surface area contributed by atoms with Gasteiger partial charge in [0.2, 0.25) is 5.91 Å². The van der Waals surface area contributed by atoms with Crippen LogP contribution in [0.4, 0.5) is 0 Å². The fraction of sp³-hybridized carbons (Fsp3) is 0.818. The summed E-state index contributed by atoms with van der Waals surface area (Å²) in [6.45, 7) is 4.40. The molecule has 1 heterocycles. The molecule has 0 radical (unpaired) electrons. The molecular weight excluding hydrogens is 210 g/mol. The molecule has 2 atom stereocenters. The lowest BCUT2D eigenvalue weighted by Crippen LogP contribution is -2.44. The zero-order valence-electron chi connectivity index (χ0n) is 9.73. The molecule has 0 aromatic rings. The molecule has 16 heavy (non-hydrogen) atoms. The highest BCUT2D eigenvalue weighted by atomic mass is 16.5. The highest BCUT2D eigenvalue weighted by Gasteiger charge is 2.27. The van der Waals surface area contributed by atoms with Crippen LogP contribution in [0.3, 0.4) is 0 Å². The normalized spacial score (nSPS) is 22.1. The molecule has 1 aliphatic rings. The number of hydrogen-bond acceptors (Lipinski definition) is 3. The summed E-state index contributed by atoms with van der Waals surface area (Å²) < 4.78 is 5.24. The van der Waals surface area contributed by atoms with E-state index in [1.807, 2.05) is 13.8 Å². The third kappa shape index (κ3) is 3.81. The second-order valence-corrected chi connectivity index (χ2v) is 4.46. The molecule has 2 N–H and O–H groups in total. The topological polar surface area (TPSA) is 75.6 Å². The second kappa shape index (κ2) is 5.84. The number of nitrogens with one attached hydrogen (secondary N) is 1. The van der Waals surface area contributed by atoms with Gasteiger partial charge in [0.1, 0.15) is 6.10 Å². The number of carboxylic acid groups (broad SMARTS) is 1. The predicted molar refractivity (Wildman–Crippen MR) is 58.0 cm³/mol. The highest BCUT2D eigenvalue weighted by Crippen LogP contribution is 2.13. The van der Waals surface area contributed by atoms with Gasteiger partial charge in [-0.15, -0.1) is 0 Å². The van der Waals surface area contributed by atoms with E-state index < -0.39 is 12.1 Å². The molecule has 0 aliphatic carbocycles. The first kappa shape index (κ1) is 13.0. The van der Waals surface area contributed by atoms with E-state index in [4.69, 9.17) is 9.84 Å². The van der Waals surface area contributed by atoms with Crippen LogP contribution in [0.1, 0.15) is 33.1 Å². The molecule has 1 amide bonds. The van der Waals surface area contributed by atoms with Crippen molar-refractivity contribution in [2.24, 2.45) is 5.92 Å². The molecule has 1 fully saturated rings. The Balaban J connectivity index is 2.46. The van der Waals surface area contributed by atoms with Crippen LogP contribution < -0.4 is 5.32 Å². The number of carbonyl (C=O) groups is 2. The molecule has 1 rings (SSSR count). The van der Waals surface area contributed by atoms with E-state index in [1.54, 1.807) is 0 Å². The van der Waals surface area contributed by atoms with E-state index in [2.05, 4.69) is 5.32 Å². The minimum atomic E-state index is -0.897. The average molecular weight is 229 g/mol. The molecule has 0 spiro atoms. The van der Waals surface area contributed by atoms with Crippen molar-refractivity contribution in [3.05, 3.63) is 0 Å². The van der Waals surface area contributed by atoms with Crippen molar-refractivity contribution >= 4 is 11.9 Å². The Kier molecular flexibility index (Phi) is 4.73. The Bertz CT molecular complexity index is 259. The summed E-state index contributed by atoms with van der Waals surface area (Å²) in [7, 11) is 0. The smallest absolute Gasteiger partial charge is 0.305 e. The van der Waals surface area contributed by atoms with E-state index in [1.165, 1.54) is 0 Å². The quantitative estimate of drug-likeness (QED) is 0.730. The molecule has 1 saturated heterocycles. The van der Waals surface area contributed by atoms with Gasteiger partial charge in [-0.2, -0.15) is 0 Å². The summed E-state index contributed by atoms with van der Waals surface area (Å²) in [5.41, 5.74) is 0. The first-order valence-electron chi connectivity index (χ1n) is 5.64. The van der Waals surface area contributed by atoms with E-state index in [9.17, 15) is 9.59 Å². The maximum Gasteiger partial charge on any atom is 0.305 e. The van der Waals surface area contributed by atoms with Gasteiger partial charge < -0.3 is 15.2 Å². The van der Waals surface area contributed by atoms with Gasteiger partial charge in [0.05, 0.1) is 6.42 Å². The molecule has 0 aromatic heterocycles. The number of hydrogen-bond donors (Lipinski definition) is 2. The van der Waals surface area contributed by atoms with Gasteiger partial charge in [-0.05, 0) is 18.8 Å². The molecule has 5 heteroatoms. The van der Waals surface area contributed by atoms with Crippen LogP contribution in [0.25, 0.3) is 0 Å². The maximum absolute atomic E-state index is 11.7. The summed E-state index contributed by atoms with van der Waals surface area (Å²) in [5, 5.41) is 11.5. The SMILES string of the molecule is CC(C)C(CC(=O)O)NC(=O)C1CCCO1. The van der Waals surface area contributed by atoms with Crippen LogP contribution in [0.5, 0.6) is 0 Å². The fourth-order valence-electron chi connectivity index (χ4n) is 1.70. The third-order valence-electron chi connectivity index (χ3n) is 2.75. The van der Waals surface area contributed by atoms with Gasteiger partial charge in [0, 0.05) is 12.6 Å². The number of amides is 1. The second-order valence-electron chi connectivity index (χ2n) is 4.46. The van der Waals surface area contributed by atoms with Crippen molar-refractivity contribution in [1.82, 2.24) is 5.32 Å². The van der Waals surface area contributed by atoms with E-state index >= 15 is 0 Å². The number of ether oxygens (including phenoxy) is 1. The fourth-order valence-corrected chi connectivity index (χ4v) is 1.70. The summed E-state index contributed by atoms with van der Waals surface area (Å²) in [6, 6.07) is -0.325. The maximum atomic E-state index is 11.7. The molecule has 1 aliphatic heterocycles. The summed E-state index contributed by atoms with van der Waals surface area (Å²) in [6.07, 6.45) is 1.18. The van der Waals surface area contributed by atoms with Gasteiger partial charge in [-0.1, -0.05) is 13.8 Å². The van der Waals surface area contributed by atoms with Crippen molar-refractivity contribution in [3.63, 3.8) is 0 Å². The van der Waals surface area contributed by atoms with Gasteiger partial charge in [0.25, 0.3) is 0 Å². The first-order chi connectivity index (χ1) is 7.50. The zero-order valence-corrected chi connectivity index (χ0v) is 9.73. The Labute approximate surface area is 95.2 Å². The van der Waals surface area contributed by atoms with Gasteiger partial charge in [-0.25, -0.2) is 0 Å². The Morgan fingerprint density at radius 2 is 2.19 bits per heavy atom. The summed E-state index contributed by atoms with van der Waals surface area (Å²) in [4.78, 5) is 22.3. The largest absolute Gasteiger partial charge is 0.481 e. The average Bonchev–Trinajstić information content (AvgIpc) is 2.68. The molecule has 5 nitrogen and oxygen atoms in total. The third-order valence-corrected chi connectivity index (χ3v) is 2.75. The number of rotatable bonds is 5. The van der Waals surface area contributed by atoms with Gasteiger partial charge in [0.15, 0.2) is 0 Å². The minimum absolute atomic E-state index is 0.0455. The van der Waals surface area contributed by atoms with Crippen LogP contribution in [0, 0.1) is 5.92 Å². The van der Waals surface area contributed by atoms with Crippen molar-refractivity contribution in [2.45, 2.75) is 45.3 Å². The van der Waals surface area contributed by atoms with E-state index in [0.29, 0.717) is 6.61 Å². The van der Waals surface area contributed by atoms with Crippen LogP contribution in [-0.2, 0) is 14.3 Å². The van der Waals surface area contributed by atoms with Crippen LogP contribution in [0.15, 0.2) is 0 Å². The number of carboxylic acids is 1. The molecule has 0 aromatic carbocycles. The number of carbonyl (C=O) groups excluding carboxylic acids is 1. The predicted octanol–water partition coefficient (Wildman–Crippen LogP) is 0.781. The molecule has 0 bridgehead atoms. The molecule has 92 valence electrons. The van der Waals surface area contributed by atoms with Gasteiger partial charge >= 0.3 is 5.97 Å². The van der Waals surface area contributed by atoms with Gasteiger partial charge in [-0.3, -0.25) is 9.59 Å². The van der Waals surface area contributed by atoms with E-state index in [-0.39, 0.29) is 24.3 Å². The lowest BCUT2D eigenvalue weighted by molar-refractivity contribution is -0.138. The Hall–Kier alpha value is -1.10. The monoisotopic (exact) mass is 229 g/mol. The minimum Gasteiger partial charge on any atom is -0.481 e. The first-order valence-corrected chi connectivity index (χ1v) is 5.64. The molecule has 0 saturated carbocycles. The lowest BCUT2D eigenvalue weighted by Gasteiger charge is -2.22. The molecule has 2 unspecified atom stereocenters. The van der Waals surface area contributed by atoms with Crippen molar-refractivity contribution in [1.29, 1.82) is 0 Å². The van der Waals surface area contributed by atoms with Crippen LogP contribution in [0.2, 0.25) is 0 Å². The van der Waals surface area contributed by atoms with Crippen molar-refractivity contribution in [2.75, 3.05) is 6.61 Å². The lowest BCUT2D eigenvalue weighted by atomic mass is 10.0. The summed E-state index contributed by atoms with van der Waals surface area (Å²) >= 11 is 0. The van der Waals surface area contributed by atoms with Crippen molar-refractivity contribution < 1.29 is 19.4 Å². The summed E-state index contributed by atoms with van der Waals surface area (Å²) in [5.74, 6) is -0.981. The zero-order chi connectivity index (χ0) is 12.1. The van der Waals surface area contributed by atoms with Crippen LogP contribution in [-0.4, -0.2) is 35.7 Å². The highest BCUT2D eigenvalue weighted by molar-refractivity contribution is 5.82. The van der Waals surface area contributed by atoms with Crippen LogP contribution >= 0.6 is 0 Å². The number of aliphatic carboxylic acids is 1.